The molecule has 4 rings (SSSR count). The van der Waals surface area contributed by atoms with E-state index in [1.807, 2.05) is 43.3 Å². The molecule has 0 saturated carbocycles. The Morgan fingerprint density at radius 2 is 1.55 bits per heavy atom. The fraction of sp³-hybridized carbons (Fsp3) is 0.276. The summed E-state index contributed by atoms with van der Waals surface area (Å²) in [5.41, 5.74) is 7.30. The van der Waals surface area contributed by atoms with E-state index in [0.29, 0.717) is 11.5 Å². The molecular formula is C29H31FN+. The number of rotatable bonds is 5. The molecule has 0 aliphatic rings. The number of fused-ring (bicyclic) bond motifs is 1. The SMILES string of the molecule is CCC(CC)c1ccc2c(-c3cc(-c4ccccc4)c(F)cc3C)[n+](C)c(C)cc2c1. The molecular weight excluding hydrogens is 381 g/mol. The maximum absolute atomic E-state index is 14.9. The van der Waals surface area contributed by atoms with Crippen LogP contribution in [0.2, 0.25) is 0 Å². The minimum Gasteiger partial charge on any atom is -0.206 e. The molecule has 0 aliphatic heterocycles. The van der Waals surface area contributed by atoms with Gasteiger partial charge in [-0.15, -0.1) is 0 Å². The molecule has 0 spiro atoms. The van der Waals surface area contributed by atoms with E-state index in [4.69, 9.17) is 0 Å². The molecule has 3 aromatic carbocycles. The largest absolute Gasteiger partial charge is 0.220 e. The van der Waals surface area contributed by atoms with E-state index in [2.05, 4.69) is 56.7 Å². The molecule has 4 aromatic rings. The summed E-state index contributed by atoms with van der Waals surface area (Å²) in [5, 5.41) is 2.46. The molecule has 0 N–H and O–H groups in total. The molecule has 0 saturated heterocycles. The average Bonchev–Trinajstić information content (AvgIpc) is 2.77. The Bertz CT molecular complexity index is 1240. The van der Waals surface area contributed by atoms with Crippen LogP contribution >= 0.6 is 0 Å². The van der Waals surface area contributed by atoms with Crippen molar-refractivity contribution in [3.8, 4) is 22.4 Å². The summed E-state index contributed by atoms with van der Waals surface area (Å²) >= 11 is 0. The predicted molar refractivity (Wildman–Crippen MR) is 129 cm³/mol. The molecule has 0 fully saturated rings. The quantitative estimate of drug-likeness (QED) is 0.296. The number of pyridine rings is 1. The highest BCUT2D eigenvalue weighted by molar-refractivity contribution is 5.95. The molecule has 0 radical (unpaired) electrons. The lowest BCUT2D eigenvalue weighted by atomic mass is 9.90. The molecule has 31 heavy (non-hydrogen) atoms. The minimum atomic E-state index is -0.178. The van der Waals surface area contributed by atoms with Gasteiger partial charge < -0.3 is 0 Å². The van der Waals surface area contributed by atoms with Crippen molar-refractivity contribution >= 4 is 10.8 Å². The van der Waals surface area contributed by atoms with Gasteiger partial charge in [0.1, 0.15) is 12.9 Å². The molecule has 0 unspecified atom stereocenters. The lowest BCUT2D eigenvalue weighted by Crippen LogP contribution is -2.35. The molecule has 0 amide bonds. The summed E-state index contributed by atoms with van der Waals surface area (Å²) in [6, 6.07) is 22.6. The first kappa shape index (κ1) is 21.2. The molecule has 2 heteroatoms. The van der Waals surface area contributed by atoms with Crippen LogP contribution in [0.1, 0.15) is 49.4 Å². The Morgan fingerprint density at radius 3 is 2.23 bits per heavy atom. The number of hydrogen-bond acceptors (Lipinski definition) is 0. The molecule has 0 bridgehead atoms. The van der Waals surface area contributed by atoms with Gasteiger partial charge in [0.05, 0.1) is 10.9 Å². The van der Waals surface area contributed by atoms with Crippen LogP contribution < -0.4 is 4.57 Å². The Kier molecular flexibility index (Phi) is 5.91. The minimum absolute atomic E-state index is 0.178. The number of hydrogen-bond donors (Lipinski definition) is 0. The van der Waals surface area contributed by atoms with Crippen LogP contribution in [-0.2, 0) is 7.05 Å². The van der Waals surface area contributed by atoms with Gasteiger partial charge in [0, 0.05) is 18.6 Å². The van der Waals surface area contributed by atoms with Gasteiger partial charge in [-0.2, -0.15) is 4.57 Å². The van der Waals surface area contributed by atoms with Crippen LogP contribution in [0.5, 0.6) is 0 Å². The van der Waals surface area contributed by atoms with Gasteiger partial charge in [0.25, 0.3) is 0 Å². The van der Waals surface area contributed by atoms with E-state index < -0.39 is 0 Å². The topological polar surface area (TPSA) is 3.88 Å². The van der Waals surface area contributed by atoms with Crippen LogP contribution in [0.3, 0.4) is 0 Å². The molecule has 1 nitrogen and oxygen atoms in total. The van der Waals surface area contributed by atoms with Crippen molar-refractivity contribution in [3.63, 3.8) is 0 Å². The molecule has 1 heterocycles. The maximum Gasteiger partial charge on any atom is 0.220 e. The summed E-state index contributed by atoms with van der Waals surface area (Å²) in [6.45, 7) is 8.66. The predicted octanol–water partition coefficient (Wildman–Crippen LogP) is 7.66. The third-order valence-electron chi connectivity index (χ3n) is 6.67. The lowest BCUT2D eigenvalue weighted by molar-refractivity contribution is -0.665. The van der Waals surface area contributed by atoms with Crippen molar-refractivity contribution in [2.24, 2.45) is 7.05 Å². The summed E-state index contributed by atoms with van der Waals surface area (Å²) in [6.07, 6.45) is 2.29. The van der Waals surface area contributed by atoms with Crippen molar-refractivity contribution in [1.82, 2.24) is 0 Å². The second-order valence-corrected chi connectivity index (χ2v) is 8.57. The first-order valence-electron chi connectivity index (χ1n) is 11.2. The fourth-order valence-corrected chi connectivity index (χ4v) is 4.70. The average molecular weight is 413 g/mol. The standard InChI is InChI=1S/C29H31FN/c1-6-21(7-2)23-13-14-25-24(17-23)16-20(4)31(5)29(25)26-18-27(28(30)15-19(26)3)22-11-9-8-10-12-22/h8-18,21H,6-7H2,1-5H3/q+1. The zero-order valence-corrected chi connectivity index (χ0v) is 19.2. The normalized spacial score (nSPS) is 11.5. The summed E-state index contributed by atoms with van der Waals surface area (Å²) in [4.78, 5) is 0. The molecule has 0 aliphatic carbocycles. The summed E-state index contributed by atoms with van der Waals surface area (Å²) in [7, 11) is 2.10. The highest BCUT2D eigenvalue weighted by atomic mass is 19.1. The Morgan fingerprint density at radius 1 is 0.839 bits per heavy atom. The van der Waals surface area contributed by atoms with Gasteiger partial charge in [-0.05, 0) is 66.0 Å². The number of nitrogens with zero attached hydrogens (tertiary/aromatic N) is 1. The smallest absolute Gasteiger partial charge is 0.206 e. The zero-order valence-electron chi connectivity index (χ0n) is 19.2. The number of benzene rings is 3. The van der Waals surface area contributed by atoms with Crippen LogP contribution in [0.4, 0.5) is 4.39 Å². The van der Waals surface area contributed by atoms with Gasteiger partial charge in [0.2, 0.25) is 5.69 Å². The van der Waals surface area contributed by atoms with E-state index >= 15 is 0 Å². The van der Waals surface area contributed by atoms with Crippen LogP contribution in [0.25, 0.3) is 33.2 Å². The van der Waals surface area contributed by atoms with Crippen molar-refractivity contribution in [3.05, 3.63) is 89.4 Å². The van der Waals surface area contributed by atoms with Crippen molar-refractivity contribution in [2.75, 3.05) is 0 Å². The maximum atomic E-state index is 14.9. The molecule has 1 aromatic heterocycles. The number of aromatic nitrogens is 1. The Labute approximate surface area is 185 Å². The van der Waals surface area contributed by atoms with Crippen molar-refractivity contribution < 1.29 is 8.96 Å². The van der Waals surface area contributed by atoms with Gasteiger partial charge in [-0.3, -0.25) is 0 Å². The third kappa shape index (κ3) is 3.87. The monoisotopic (exact) mass is 412 g/mol. The van der Waals surface area contributed by atoms with E-state index in [-0.39, 0.29) is 5.82 Å². The summed E-state index contributed by atoms with van der Waals surface area (Å²) < 4.78 is 17.2. The van der Waals surface area contributed by atoms with Gasteiger partial charge in [-0.25, -0.2) is 4.39 Å². The van der Waals surface area contributed by atoms with Crippen LogP contribution in [-0.4, -0.2) is 0 Å². The van der Waals surface area contributed by atoms with E-state index in [0.717, 1.165) is 35.2 Å². The Hall–Kier alpha value is -3.00. The second kappa shape index (κ2) is 8.63. The zero-order chi connectivity index (χ0) is 22.1. The van der Waals surface area contributed by atoms with E-state index in [1.165, 1.54) is 22.0 Å². The van der Waals surface area contributed by atoms with E-state index in [9.17, 15) is 4.39 Å². The van der Waals surface area contributed by atoms with Gasteiger partial charge in [-0.1, -0.05) is 56.3 Å². The molecule has 158 valence electrons. The Balaban J connectivity index is 1.98. The fourth-order valence-electron chi connectivity index (χ4n) is 4.70. The third-order valence-corrected chi connectivity index (χ3v) is 6.67. The highest BCUT2D eigenvalue weighted by Gasteiger charge is 2.22. The highest BCUT2D eigenvalue weighted by Crippen LogP contribution is 2.35. The number of halogens is 1. The number of aryl methyl sites for hydroxylation is 2. The van der Waals surface area contributed by atoms with Crippen LogP contribution in [0.15, 0.2) is 66.7 Å². The second-order valence-electron chi connectivity index (χ2n) is 8.57. The van der Waals surface area contributed by atoms with Gasteiger partial charge >= 0.3 is 0 Å². The van der Waals surface area contributed by atoms with E-state index in [1.54, 1.807) is 6.07 Å². The first-order valence-corrected chi connectivity index (χ1v) is 11.2. The summed E-state index contributed by atoms with van der Waals surface area (Å²) in [5.74, 6) is 0.405. The van der Waals surface area contributed by atoms with Gasteiger partial charge in [0.15, 0.2) is 5.69 Å². The van der Waals surface area contributed by atoms with Crippen LogP contribution in [0, 0.1) is 19.7 Å². The van der Waals surface area contributed by atoms with Crippen molar-refractivity contribution in [1.29, 1.82) is 0 Å². The van der Waals surface area contributed by atoms with Crippen molar-refractivity contribution in [2.45, 2.75) is 46.5 Å². The lowest BCUT2D eigenvalue weighted by Gasteiger charge is -2.16. The molecule has 0 atom stereocenters. The first-order chi connectivity index (χ1) is 14.9.